The van der Waals surface area contributed by atoms with Gasteiger partial charge in [0.05, 0.1) is 12.1 Å². The van der Waals surface area contributed by atoms with Crippen molar-refractivity contribution in [1.82, 2.24) is 5.32 Å². The Balaban J connectivity index is 2.05. The first-order valence-electron chi connectivity index (χ1n) is 10.3. The third-order valence-corrected chi connectivity index (χ3v) is 7.40. The Bertz CT molecular complexity index is 797. The quantitative estimate of drug-likeness (QED) is 0.340. The minimum absolute atomic E-state index is 0.146. The maximum absolute atomic E-state index is 12.4. The monoisotopic (exact) mass is 439 g/mol. The molecule has 0 heterocycles. The Hall–Kier alpha value is -1.47. The number of thiocarbonyl (C=S) groups is 1. The maximum Gasteiger partial charge on any atom is 0.328 e. The number of hydrogen-bond acceptors (Lipinski definition) is 5. The van der Waals surface area contributed by atoms with Crippen molar-refractivity contribution >= 4 is 33.0 Å². The molecule has 1 aromatic rings. The molecule has 0 saturated heterocycles. The Labute approximate surface area is 180 Å². The molecular weight excluding hydrogens is 406 g/mol. The summed E-state index contributed by atoms with van der Waals surface area (Å²) in [5, 5.41) is 3.31. The zero-order chi connectivity index (χ0) is 21.5. The first kappa shape index (κ1) is 23.8. The van der Waals surface area contributed by atoms with Crippen LogP contribution in [0.4, 0.5) is 0 Å². The van der Waals surface area contributed by atoms with Crippen molar-refractivity contribution in [3.8, 4) is 0 Å². The average molecular weight is 440 g/mol. The highest BCUT2D eigenvalue weighted by Crippen LogP contribution is 2.43. The molecule has 2 rings (SSSR count). The van der Waals surface area contributed by atoms with Gasteiger partial charge in [-0.25, -0.2) is 13.2 Å². The maximum atomic E-state index is 12.4. The lowest BCUT2D eigenvalue weighted by molar-refractivity contribution is -0.142. The van der Waals surface area contributed by atoms with Gasteiger partial charge in [-0.3, -0.25) is 0 Å². The van der Waals surface area contributed by atoms with E-state index in [1.54, 1.807) is 0 Å². The average Bonchev–Trinajstić information content (AvgIpc) is 3.15. The Morgan fingerprint density at radius 1 is 1.21 bits per heavy atom. The first-order valence-corrected chi connectivity index (χ1v) is 12.7. The van der Waals surface area contributed by atoms with Gasteiger partial charge in [0.2, 0.25) is 0 Å². The van der Waals surface area contributed by atoms with E-state index in [9.17, 15) is 13.2 Å². The van der Waals surface area contributed by atoms with Gasteiger partial charge >= 0.3 is 5.97 Å². The molecule has 0 radical (unpaired) electrons. The summed E-state index contributed by atoms with van der Waals surface area (Å²) in [4.78, 5) is 13.1. The summed E-state index contributed by atoms with van der Waals surface area (Å²) in [6, 6.07) is 7.58. The summed E-state index contributed by atoms with van der Waals surface area (Å²) < 4.78 is 27.8. The van der Waals surface area contributed by atoms with Crippen LogP contribution in [0.25, 0.3) is 0 Å². The number of rotatable bonds is 10. The van der Waals surface area contributed by atoms with Crippen molar-refractivity contribution in [3.63, 3.8) is 0 Å². The molecule has 0 aliphatic heterocycles. The molecule has 0 bridgehead atoms. The van der Waals surface area contributed by atoms with Crippen molar-refractivity contribution in [1.29, 1.82) is 0 Å². The molecule has 0 amide bonds. The van der Waals surface area contributed by atoms with Crippen molar-refractivity contribution < 1.29 is 17.9 Å². The number of benzene rings is 1. The number of esters is 1. The van der Waals surface area contributed by atoms with Crippen LogP contribution < -0.4 is 5.32 Å². The normalized spacial score (nSPS) is 16.9. The third kappa shape index (κ3) is 7.37. The number of methoxy groups -OCH3 is 1. The van der Waals surface area contributed by atoms with Gasteiger partial charge in [-0.05, 0) is 38.2 Å². The number of aryl methyl sites for hydroxylation is 1. The van der Waals surface area contributed by atoms with Gasteiger partial charge in [0.1, 0.15) is 15.9 Å². The number of carbonyl (C=O) groups excluding carboxylic acids is 1. The number of ether oxygens (including phenoxy) is 1. The molecule has 7 heteroatoms. The van der Waals surface area contributed by atoms with Crippen molar-refractivity contribution in [2.75, 3.05) is 19.1 Å². The van der Waals surface area contributed by atoms with Gasteiger partial charge in [-0.2, -0.15) is 0 Å². The second-order valence-electron chi connectivity index (χ2n) is 8.31. The van der Waals surface area contributed by atoms with E-state index in [0.717, 1.165) is 49.1 Å². The Kier molecular flexibility index (Phi) is 8.64. The van der Waals surface area contributed by atoms with Gasteiger partial charge in [0, 0.05) is 23.8 Å². The number of sulfone groups is 1. The Morgan fingerprint density at radius 2 is 1.83 bits per heavy atom. The molecule has 0 spiro atoms. The molecule has 1 fully saturated rings. The second-order valence-corrected chi connectivity index (χ2v) is 11.0. The molecule has 5 nitrogen and oxygen atoms in total. The first-order chi connectivity index (χ1) is 13.6. The summed E-state index contributed by atoms with van der Waals surface area (Å²) in [7, 11) is -1.55. The zero-order valence-electron chi connectivity index (χ0n) is 17.7. The van der Waals surface area contributed by atoms with E-state index in [4.69, 9.17) is 17.0 Å². The van der Waals surface area contributed by atoms with Crippen LogP contribution in [0.2, 0.25) is 0 Å². The predicted molar refractivity (Wildman–Crippen MR) is 121 cm³/mol. The van der Waals surface area contributed by atoms with Gasteiger partial charge < -0.3 is 10.1 Å². The minimum Gasteiger partial charge on any atom is -0.467 e. The minimum atomic E-state index is -2.94. The van der Waals surface area contributed by atoms with Crippen LogP contribution in [-0.2, 0) is 25.8 Å². The molecule has 1 saturated carbocycles. The van der Waals surface area contributed by atoms with Crippen LogP contribution >= 0.6 is 12.2 Å². The van der Waals surface area contributed by atoms with Crippen LogP contribution in [0.1, 0.15) is 56.1 Å². The van der Waals surface area contributed by atoms with Gasteiger partial charge in [-0.1, -0.05) is 61.3 Å². The molecule has 1 aliphatic carbocycles. The summed E-state index contributed by atoms with van der Waals surface area (Å²) >= 11 is 5.79. The molecule has 1 atom stereocenters. The SMILES string of the molecule is COC(=O)C(Cc1ccc(C)cc1)NC(=S)C1(CCCCS(C)(=O)=O)CCCC1. The van der Waals surface area contributed by atoms with Gasteiger partial charge in [0.25, 0.3) is 0 Å². The predicted octanol–water partition coefficient (Wildman–Crippen LogP) is 3.77. The largest absolute Gasteiger partial charge is 0.467 e. The molecule has 1 N–H and O–H groups in total. The summed E-state index contributed by atoms with van der Waals surface area (Å²) in [6.45, 7) is 2.03. The second kappa shape index (κ2) is 10.5. The molecule has 29 heavy (non-hydrogen) atoms. The number of unbranched alkanes of at least 4 members (excludes halogenated alkanes) is 1. The van der Waals surface area contributed by atoms with Crippen LogP contribution in [0.15, 0.2) is 24.3 Å². The molecule has 1 aliphatic rings. The molecule has 1 unspecified atom stereocenters. The van der Waals surface area contributed by atoms with Crippen LogP contribution in [0.5, 0.6) is 0 Å². The fourth-order valence-corrected chi connectivity index (χ4v) is 5.25. The van der Waals surface area contributed by atoms with E-state index < -0.39 is 15.9 Å². The van der Waals surface area contributed by atoms with Crippen LogP contribution in [0, 0.1) is 12.3 Å². The topological polar surface area (TPSA) is 72.5 Å². The lowest BCUT2D eigenvalue weighted by Crippen LogP contribution is -2.48. The standard InChI is InChI=1S/C22H33NO4S2/c1-17-8-10-18(11-9-17)16-19(20(24)27-2)23-21(28)22(12-4-5-13-22)14-6-7-15-29(3,25)26/h8-11,19H,4-7,12-16H2,1-3H3,(H,23,28). The number of hydrogen-bond donors (Lipinski definition) is 1. The van der Waals surface area contributed by atoms with E-state index >= 15 is 0 Å². The van der Waals surface area contributed by atoms with E-state index in [2.05, 4.69) is 5.32 Å². The highest BCUT2D eigenvalue weighted by molar-refractivity contribution is 7.90. The van der Waals surface area contributed by atoms with Gasteiger partial charge in [0.15, 0.2) is 0 Å². The van der Waals surface area contributed by atoms with Crippen molar-refractivity contribution in [3.05, 3.63) is 35.4 Å². The van der Waals surface area contributed by atoms with E-state index in [1.165, 1.54) is 18.9 Å². The molecular formula is C22H33NO4S2. The smallest absolute Gasteiger partial charge is 0.328 e. The number of nitrogens with one attached hydrogen (secondary N) is 1. The highest BCUT2D eigenvalue weighted by atomic mass is 32.2. The van der Waals surface area contributed by atoms with Crippen molar-refractivity contribution in [2.24, 2.45) is 5.41 Å². The van der Waals surface area contributed by atoms with E-state index in [-0.39, 0.29) is 17.1 Å². The molecule has 162 valence electrons. The number of carbonyl (C=O) groups is 1. The molecule has 0 aromatic heterocycles. The summed E-state index contributed by atoms with van der Waals surface area (Å²) in [5.41, 5.74) is 2.08. The Morgan fingerprint density at radius 3 is 2.38 bits per heavy atom. The summed E-state index contributed by atoms with van der Waals surface area (Å²) in [5.74, 6) is -0.111. The highest BCUT2D eigenvalue weighted by Gasteiger charge is 2.39. The fraction of sp³-hybridized carbons (Fsp3) is 0.636. The summed E-state index contributed by atoms with van der Waals surface area (Å²) in [6.07, 6.45) is 8.28. The lowest BCUT2D eigenvalue weighted by Gasteiger charge is -2.32. The van der Waals surface area contributed by atoms with E-state index in [0.29, 0.717) is 12.8 Å². The lowest BCUT2D eigenvalue weighted by atomic mass is 9.80. The van der Waals surface area contributed by atoms with Crippen LogP contribution in [0.3, 0.4) is 0 Å². The van der Waals surface area contributed by atoms with Gasteiger partial charge in [-0.15, -0.1) is 0 Å². The zero-order valence-corrected chi connectivity index (χ0v) is 19.3. The van der Waals surface area contributed by atoms with Crippen LogP contribution in [-0.4, -0.2) is 44.5 Å². The third-order valence-electron chi connectivity index (χ3n) is 5.81. The molecule has 1 aromatic carbocycles. The van der Waals surface area contributed by atoms with E-state index in [1.807, 2.05) is 31.2 Å². The van der Waals surface area contributed by atoms with Crippen molar-refractivity contribution in [2.45, 2.75) is 64.3 Å². The fourth-order valence-electron chi connectivity index (χ4n) is 4.08.